The highest BCUT2D eigenvalue weighted by atomic mass is 35.5. The van der Waals surface area contributed by atoms with Crippen LogP contribution in [0.25, 0.3) is 0 Å². The number of aromatic nitrogens is 2. The Morgan fingerprint density at radius 2 is 1.90 bits per heavy atom. The van der Waals surface area contributed by atoms with Crippen LogP contribution < -0.4 is 0 Å². The summed E-state index contributed by atoms with van der Waals surface area (Å²) in [6.07, 6.45) is 5.18. The Hall–Kier alpha value is -0.670. The fraction of sp³-hybridized carbons (Fsp3) is 0.750. The van der Waals surface area contributed by atoms with Crippen molar-refractivity contribution in [1.82, 2.24) is 9.97 Å². The van der Waals surface area contributed by atoms with E-state index in [2.05, 4.69) is 18.8 Å². The van der Waals surface area contributed by atoms with Gasteiger partial charge in [0, 0.05) is 17.9 Å². The van der Waals surface area contributed by atoms with E-state index in [1.165, 1.54) is 0 Å². The average molecular weight is 297 g/mol. The molecule has 1 fully saturated rings. The highest BCUT2D eigenvalue weighted by Crippen LogP contribution is 2.41. The Balaban J connectivity index is 2.41. The molecule has 0 aliphatic heterocycles. The summed E-state index contributed by atoms with van der Waals surface area (Å²) in [5.74, 6) is 1.55. The third-order valence-corrected chi connectivity index (χ3v) is 4.80. The first-order valence-electron chi connectivity index (χ1n) is 7.69. The van der Waals surface area contributed by atoms with Gasteiger partial charge in [-0.15, -0.1) is 0 Å². The van der Waals surface area contributed by atoms with Gasteiger partial charge >= 0.3 is 0 Å². The molecule has 1 aromatic heterocycles. The van der Waals surface area contributed by atoms with Crippen molar-refractivity contribution in [3.63, 3.8) is 0 Å². The average Bonchev–Trinajstić information content (AvgIpc) is 2.44. The molecule has 2 rings (SSSR count). The highest BCUT2D eigenvalue weighted by molar-refractivity contribution is 6.30. The van der Waals surface area contributed by atoms with Gasteiger partial charge in [0.2, 0.25) is 0 Å². The van der Waals surface area contributed by atoms with Crippen LogP contribution in [0.4, 0.5) is 0 Å². The molecular weight excluding hydrogens is 272 g/mol. The Labute approximate surface area is 127 Å². The van der Waals surface area contributed by atoms with Crippen molar-refractivity contribution in [2.24, 2.45) is 5.92 Å². The van der Waals surface area contributed by atoms with Crippen molar-refractivity contribution in [3.05, 3.63) is 22.2 Å². The molecule has 0 unspecified atom stereocenters. The van der Waals surface area contributed by atoms with Crippen LogP contribution in [0, 0.1) is 12.8 Å². The highest BCUT2D eigenvalue weighted by Gasteiger charge is 2.39. The SMILES string of the molecule is CCOC1(c2nc(Cl)c(C)c(CC)n2)CCC(C)CC1. The fourth-order valence-corrected chi connectivity index (χ4v) is 3.21. The molecule has 1 aliphatic rings. The molecule has 1 saturated carbocycles. The molecule has 0 bridgehead atoms. The third kappa shape index (κ3) is 2.99. The second-order valence-corrected chi connectivity index (χ2v) is 6.23. The molecule has 0 saturated heterocycles. The topological polar surface area (TPSA) is 35.0 Å². The molecule has 20 heavy (non-hydrogen) atoms. The van der Waals surface area contributed by atoms with Gasteiger partial charge in [-0.05, 0) is 51.9 Å². The predicted molar refractivity (Wildman–Crippen MR) is 82.1 cm³/mol. The smallest absolute Gasteiger partial charge is 0.162 e. The molecule has 0 aromatic carbocycles. The first-order valence-corrected chi connectivity index (χ1v) is 8.07. The Bertz CT molecular complexity index is 468. The Morgan fingerprint density at radius 1 is 1.25 bits per heavy atom. The van der Waals surface area contributed by atoms with Gasteiger partial charge in [0.05, 0.1) is 0 Å². The van der Waals surface area contributed by atoms with Crippen LogP contribution >= 0.6 is 11.6 Å². The maximum Gasteiger partial charge on any atom is 0.162 e. The van der Waals surface area contributed by atoms with E-state index in [0.717, 1.165) is 55.1 Å². The van der Waals surface area contributed by atoms with Crippen molar-refractivity contribution in [2.45, 2.75) is 65.4 Å². The van der Waals surface area contributed by atoms with Gasteiger partial charge in [-0.3, -0.25) is 0 Å². The van der Waals surface area contributed by atoms with Crippen molar-refractivity contribution in [2.75, 3.05) is 6.61 Å². The summed E-state index contributed by atoms with van der Waals surface area (Å²) in [4.78, 5) is 9.32. The van der Waals surface area contributed by atoms with Crippen LogP contribution in [0.3, 0.4) is 0 Å². The summed E-state index contributed by atoms with van der Waals surface area (Å²) < 4.78 is 6.12. The molecule has 0 spiro atoms. The van der Waals surface area contributed by atoms with E-state index in [1.807, 2.05) is 13.8 Å². The number of hydrogen-bond donors (Lipinski definition) is 0. The van der Waals surface area contributed by atoms with E-state index in [4.69, 9.17) is 21.3 Å². The first-order chi connectivity index (χ1) is 9.52. The van der Waals surface area contributed by atoms with Gasteiger partial charge in [-0.1, -0.05) is 25.4 Å². The van der Waals surface area contributed by atoms with Crippen molar-refractivity contribution in [1.29, 1.82) is 0 Å². The number of halogens is 1. The lowest BCUT2D eigenvalue weighted by atomic mass is 9.78. The summed E-state index contributed by atoms with van der Waals surface area (Å²) in [6, 6.07) is 0. The molecule has 0 atom stereocenters. The van der Waals surface area contributed by atoms with Gasteiger partial charge in [-0.2, -0.15) is 0 Å². The van der Waals surface area contributed by atoms with Crippen LogP contribution in [0.1, 0.15) is 63.5 Å². The predicted octanol–water partition coefficient (Wildman–Crippen LogP) is 4.44. The second kappa shape index (κ2) is 6.40. The van der Waals surface area contributed by atoms with Crippen molar-refractivity contribution >= 4 is 11.6 Å². The number of nitrogens with zero attached hydrogens (tertiary/aromatic N) is 2. The van der Waals surface area contributed by atoms with E-state index in [9.17, 15) is 0 Å². The van der Waals surface area contributed by atoms with E-state index in [-0.39, 0.29) is 5.60 Å². The zero-order chi connectivity index (χ0) is 14.8. The molecule has 3 nitrogen and oxygen atoms in total. The molecule has 0 N–H and O–H groups in total. The number of hydrogen-bond acceptors (Lipinski definition) is 3. The zero-order valence-corrected chi connectivity index (χ0v) is 13.8. The molecular formula is C16H25ClN2O. The third-order valence-electron chi connectivity index (χ3n) is 4.43. The Morgan fingerprint density at radius 3 is 2.45 bits per heavy atom. The standard InChI is InChI=1S/C16H25ClN2O/c1-5-13-12(4)14(17)19-15(18-13)16(20-6-2)9-7-11(3)8-10-16/h11H,5-10H2,1-4H3. The summed E-state index contributed by atoms with van der Waals surface area (Å²) >= 11 is 6.30. The monoisotopic (exact) mass is 296 g/mol. The molecule has 0 amide bonds. The number of rotatable bonds is 4. The quantitative estimate of drug-likeness (QED) is 0.770. The van der Waals surface area contributed by atoms with E-state index in [0.29, 0.717) is 11.8 Å². The van der Waals surface area contributed by atoms with Crippen LogP contribution in [0.5, 0.6) is 0 Å². The van der Waals surface area contributed by atoms with Crippen LogP contribution in [0.15, 0.2) is 0 Å². The lowest BCUT2D eigenvalue weighted by Crippen LogP contribution is -2.36. The van der Waals surface area contributed by atoms with Crippen LogP contribution in [-0.2, 0) is 16.8 Å². The molecule has 112 valence electrons. The summed E-state index contributed by atoms with van der Waals surface area (Å²) in [5, 5.41) is 0.574. The zero-order valence-electron chi connectivity index (χ0n) is 13.0. The fourth-order valence-electron chi connectivity index (χ4n) is 3.02. The minimum Gasteiger partial charge on any atom is -0.367 e. The maximum absolute atomic E-state index is 6.30. The molecule has 4 heteroatoms. The summed E-state index contributed by atoms with van der Waals surface area (Å²) in [6.45, 7) is 9.12. The van der Waals surface area contributed by atoms with Gasteiger partial charge in [0.15, 0.2) is 5.82 Å². The van der Waals surface area contributed by atoms with Crippen LogP contribution in [-0.4, -0.2) is 16.6 Å². The number of aryl methyl sites for hydroxylation is 1. The lowest BCUT2D eigenvalue weighted by Gasteiger charge is -2.38. The number of ether oxygens (including phenoxy) is 1. The van der Waals surface area contributed by atoms with E-state index < -0.39 is 0 Å². The van der Waals surface area contributed by atoms with E-state index >= 15 is 0 Å². The normalized spacial score (nSPS) is 26.8. The van der Waals surface area contributed by atoms with Gasteiger partial charge in [0.1, 0.15) is 10.8 Å². The largest absolute Gasteiger partial charge is 0.367 e. The maximum atomic E-state index is 6.30. The lowest BCUT2D eigenvalue weighted by molar-refractivity contribution is -0.0838. The summed E-state index contributed by atoms with van der Waals surface area (Å²) in [7, 11) is 0. The second-order valence-electron chi connectivity index (χ2n) is 5.87. The van der Waals surface area contributed by atoms with Gasteiger partial charge < -0.3 is 4.74 Å². The molecule has 1 aromatic rings. The van der Waals surface area contributed by atoms with Crippen LogP contribution in [0.2, 0.25) is 5.15 Å². The first kappa shape index (κ1) is 15.7. The summed E-state index contributed by atoms with van der Waals surface area (Å²) in [5.41, 5.74) is 1.70. The van der Waals surface area contributed by atoms with Gasteiger partial charge in [0.25, 0.3) is 0 Å². The molecule has 1 aliphatic carbocycles. The molecule has 1 heterocycles. The van der Waals surface area contributed by atoms with Crippen molar-refractivity contribution in [3.8, 4) is 0 Å². The van der Waals surface area contributed by atoms with E-state index in [1.54, 1.807) is 0 Å². The van der Waals surface area contributed by atoms with Crippen molar-refractivity contribution < 1.29 is 4.74 Å². The minimum absolute atomic E-state index is 0.331. The minimum atomic E-state index is -0.331. The van der Waals surface area contributed by atoms with Gasteiger partial charge in [-0.25, -0.2) is 9.97 Å². The molecule has 0 radical (unpaired) electrons. The Kier molecular flexibility index (Phi) is 5.03.